The molecule has 102 valence electrons. The Morgan fingerprint density at radius 1 is 1.45 bits per heavy atom. The van der Waals surface area contributed by atoms with Gasteiger partial charge in [-0.15, -0.1) is 0 Å². The quantitative estimate of drug-likeness (QED) is 0.868. The van der Waals surface area contributed by atoms with Crippen molar-refractivity contribution in [3.05, 3.63) is 42.2 Å². The van der Waals surface area contributed by atoms with Crippen molar-refractivity contribution < 1.29 is 9.59 Å². The van der Waals surface area contributed by atoms with Crippen molar-refractivity contribution in [2.24, 2.45) is 7.05 Å². The predicted octanol–water partition coefficient (Wildman–Crippen LogP) is 1.48. The van der Waals surface area contributed by atoms with E-state index in [9.17, 15) is 9.59 Å². The van der Waals surface area contributed by atoms with E-state index in [4.69, 9.17) is 0 Å². The smallest absolute Gasteiger partial charge is 0.232 e. The summed E-state index contributed by atoms with van der Waals surface area (Å²) in [6, 6.07) is 7.36. The molecule has 1 aromatic heterocycles. The predicted molar refractivity (Wildman–Crippen MR) is 74.3 cm³/mol. The summed E-state index contributed by atoms with van der Waals surface area (Å²) in [4.78, 5) is 24.0. The van der Waals surface area contributed by atoms with Crippen LogP contribution in [0, 0.1) is 0 Å². The zero-order valence-corrected chi connectivity index (χ0v) is 11.0. The molecule has 20 heavy (non-hydrogen) atoms. The molecular weight excluding hydrogens is 256 g/mol. The van der Waals surface area contributed by atoms with Gasteiger partial charge in [0, 0.05) is 25.4 Å². The molecule has 2 amide bonds. The van der Waals surface area contributed by atoms with E-state index >= 15 is 0 Å². The molecule has 0 saturated heterocycles. The minimum atomic E-state index is -0.472. The van der Waals surface area contributed by atoms with Crippen LogP contribution in [-0.2, 0) is 16.6 Å². The Hall–Kier alpha value is -2.63. The fraction of sp³-hybridized carbons (Fsp3) is 0.214. The van der Waals surface area contributed by atoms with Gasteiger partial charge in [-0.3, -0.25) is 14.3 Å². The van der Waals surface area contributed by atoms with E-state index in [1.807, 2.05) is 18.2 Å². The molecule has 1 aromatic carbocycles. The lowest BCUT2D eigenvalue weighted by Gasteiger charge is -2.24. The highest BCUT2D eigenvalue weighted by atomic mass is 16.2. The van der Waals surface area contributed by atoms with Crippen LogP contribution in [0.5, 0.6) is 0 Å². The van der Waals surface area contributed by atoms with Gasteiger partial charge >= 0.3 is 0 Å². The van der Waals surface area contributed by atoms with Crippen LogP contribution < -0.4 is 10.6 Å². The third-order valence-corrected chi connectivity index (χ3v) is 3.29. The lowest BCUT2D eigenvalue weighted by Crippen LogP contribution is -2.30. The van der Waals surface area contributed by atoms with Crippen LogP contribution in [0.3, 0.4) is 0 Å². The summed E-state index contributed by atoms with van der Waals surface area (Å²) in [5.74, 6) is -0.810. The lowest BCUT2D eigenvalue weighted by molar-refractivity contribution is -0.123. The molecule has 2 aromatic rings. The largest absolute Gasteiger partial charge is 0.326 e. The molecule has 1 atom stereocenters. The van der Waals surface area contributed by atoms with E-state index < -0.39 is 5.92 Å². The molecule has 2 heterocycles. The van der Waals surface area contributed by atoms with E-state index in [1.54, 1.807) is 30.2 Å². The molecule has 0 fully saturated rings. The molecule has 2 N–H and O–H groups in total. The fourth-order valence-corrected chi connectivity index (χ4v) is 2.36. The maximum Gasteiger partial charge on any atom is 0.232 e. The van der Waals surface area contributed by atoms with Gasteiger partial charge in [0.2, 0.25) is 11.8 Å². The molecule has 0 aliphatic carbocycles. The summed E-state index contributed by atoms with van der Waals surface area (Å²) in [6.07, 6.45) is 3.45. The second-order valence-corrected chi connectivity index (χ2v) is 4.78. The summed E-state index contributed by atoms with van der Waals surface area (Å²) >= 11 is 0. The number of fused-ring (bicyclic) bond motifs is 1. The van der Waals surface area contributed by atoms with Gasteiger partial charge in [0.15, 0.2) is 0 Å². The zero-order chi connectivity index (χ0) is 14.1. The number of rotatable bonds is 2. The molecule has 3 rings (SSSR count). The average Bonchev–Trinajstić information content (AvgIpc) is 2.83. The summed E-state index contributed by atoms with van der Waals surface area (Å²) in [5, 5.41) is 9.57. The molecule has 1 aliphatic heterocycles. The van der Waals surface area contributed by atoms with E-state index in [1.165, 1.54) is 0 Å². The monoisotopic (exact) mass is 270 g/mol. The lowest BCUT2D eigenvalue weighted by atomic mass is 9.90. The summed E-state index contributed by atoms with van der Waals surface area (Å²) in [6.45, 7) is 0. The number of aryl methyl sites for hydroxylation is 1. The molecular formula is C14H14N4O2. The van der Waals surface area contributed by atoms with Gasteiger partial charge in [-0.2, -0.15) is 5.10 Å². The SMILES string of the molecule is Cn1cc(NC(=O)[C@@H]2CC(=O)Nc3ccccc32)cn1. The molecule has 0 unspecified atom stereocenters. The fourth-order valence-electron chi connectivity index (χ4n) is 2.36. The first-order valence-electron chi connectivity index (χ1n) is 6.32. The molecule has 0 spiro atoms. The van der Waals surface area contributed by atoms with Crippen LogP contribution in [0.2, 0.25) is 0 Å². The first-order chi connectivity index (χ1) is 9.63. The van der Waals surface area contributed by atoms with E-state index in [2.05, 4.69) is 15.7 Å². The number of carbonyl (C=O) groups excluding carboxylic acids is 2. The van der Waals surface area contributed by atoms with Crippen molar-refractivity contribution in [2.45, 2.75) is 12.3 Å². The van der Waals surface area contributed by atoms with E-state index in [0.29, 0.717) is 11.4 Å². The van der Waals surface area contributed by atoms with Gasteiger partial charge in [0.05, 0.1) is 17.8 Å². The van der Waals surface area contributed by atoms with Gasteiger partial charge in [-0.05, 0) is 11.6 Å². The van der Waals surface area contributed by atoms with E-state index in [-0.39, 0.29) is 18.2 Å². The van der Waals surface area contributed by atoms with Crippen molar-refractivity contribution in [1.82, 2.24) is 9.78 Å². The second-order valence-electron chi connectivity index (χ2n) is 4.78. The van der Waals surface area contributed by atoms with Crippen LogP contribution in [0.4, 0.5) is 11.4 Å². The van der Waals surface area contributed by atoms with Crippen LogP contribution >= 0.6 is 0 Å². The molecule has 1 aliphatic rings. The molecule has 6 heteroatoms. The van der Waals surface area contributed by atoms with Gasteiger partial charge in [0.25, 0.3) is 0 Å². The maximum atomic E-state index is 12.4. The number of para-hydroxylation sites is 1. The highest BCUT2D eigenvalue weighted by Crippen LogP contribution is 2.32. The van der Waals surface area contributed by atoms with Crippen LogP contribution in [0.15, 0.2) is 36.7 Å². The summed E-state index contributed by atoms with van der Waals surface area (Å²) in [5.41, 5.74) is 2.17. The summed E-state index contributed by atoms with van der Waals surface area (Å²) < 4.78 is 1.61. The Bertz CT molecular complexity index is 677. The number of benzene rings is 1. The highest BCUT2D eigenvalue weighted by molar-refractivity contribution is 6.04. The number of anilines is 2. The van der Waals surface area contributed by atoms with Crippen LogP contribution in [0.1, 0.15) is 17.9 Å². The summed E-state index contributed by atoms with van der Waals surface area (Å²) in [7, 11) is 1.78. The van der Waals surface area contributed by atoms with Crippen LogP contribution in [-0.4, -0.2) is 21.6 Å². The van der Waals surface area contributed by atoms with Gasteiger partial charge < -0.3 is 10.6 Å². The maximum absolute atomic E-state index is 12.4. The van der Waals surface area contributed by atoms with E-state index in [0.717, 1.165) is 5.56 Å². The van der Waals surface area contributed by atoms with Crippen molar-refractivity contribution in [3.63, 3.8) is 0 Å². The molecule has 0 radical (unpaired) electrons. The Labute approximate surface area is 115 Å². The van der Waals surface area contributed by atoms with Gasteiger partial charge in [-0.1, -0.05) is 18.2 Å². The number of nitrogens with zero attached hydrogens (tertiary/aromatic N) is 2. The van der Waals surface area contributed by atoms with Gasteiger partial charge in [0.1, 0.15) is 0 Å². The Morgan fingerprint density at radius 3 is 3.00 bits per heavy atom. The molecule has 6 nitrogen and oxygen atoms in total. The first-order valence-corrected chi connectivity index (χ1v) is 6.32. The minimum Gasteiger partial charge on any atom is -0.326 e. The van der Waals surface area contributed by atoms with Gasteiger partial charge in [-0.25, -0.2) is 0 Å². The topological polar surface area (TPSA) is 76.0 Å². The standard InChI is InChI=1S/C14H14N4O2/c1-18-8-9(7-15-18)16-14(20)11-6-13(19)17-12-5-3-2-4-10(11)12/h2-5,7-8,11H,6H2,1H3,(H,16,20)(H,17,19)/t11-/m1/s1. The average molecular weight is 270 g/mol. The Morgan fingerprint density at radius 2 is 2.25 bits per heavy atom. The molecule has 0 bridgehead atoms. The molecule has 0 saturated carbocycles. The number of hydrogen-bond donors (Lipinski definition) is 2. The van der Waals surface area contributed by atoms with Crippen molar-refractivity contribution >= 4 is 23.2 Å². The highest BCUT2D eigenvalue weighted by Gasteiger charge is 2.30. The first kappa shape index (κ1) is 12.4. The minimum absolute atomic E-state index is 0.143. The van der Waals surface area contributed by atoms with Crippen molar-refractivity contribution in [3.8, 4) is 0 Å². The number of aromatic nitrogens is 2. The Kier molecular flexibility index (Phi) is 2.98. The zero-order valence-electron chi connectivity index (χ0n) is 11.0. The number of hydrogen-bond acceptors (Lipinski definition) is 3. The third kappa shape index (κ3) is 2.27. The van der Waals surface area contributed by atoms with Crippen molar-refractivity contribution in [2.75, 3.05) is 10.6 Å². The number of amides is 2. The normalized spacial score (nSPS) is 17.2. The third-order valence-electron chi connectivity index (χ3n) is 3.29. The number of carbonyl (C=O) groups is 2. The Balaban J connectivity index is 1.86. The number of nitrogens with one attached hydrogen (secondary N) is 2. The second kappa shape index (κ2) is 4.80. The van der Waals surface area contributed by atoms with Crippen molar-refractivity contribution in [1.29, 1.82) is 0 Å². The van der Waals surface area contributed by atoms with Crippen LogP contribution in [0.25, 0.3) is 0 Å².